The van der Waals surface area contributed by atoms with Gasteiger partial charge in [0.05, 0.1) is 16.7 Å². The molecule has 0 aliphatic heterocycles. The van der Waals surface area contributed by atoms with E-state index in [1.54, 1.807) is 16.7 Å². The van der Waals surface area contributed by atoms with Crippen molar-refractivity contribution in [2.24, 2.45) is 0 Å². The number of para-hydroxylation sites is 1. The summed E-state index contributed by atoms with van der Waals surface area (Å²) < 4.78 is 3.48. The van der Waals surface area contributed by atoms with Crippen LogP contribution in [0.15, 0.2) is 58.5 Å². The van der Waals surface area contributed by atoms with Crippen LogP contribution in [-0.2, 0) is 17.9 Å². The van der Waals surface area contributed by atoms with Crippen molar-refractivity contribution in [1.29, 1.82) is 0 Å². The van der Waals surface area contributed by atoms with Crippen LogP contribution in [0.4, 0.5) is 0 Å². The Labute approximate surface area is 182 Å². The lowest BCUT2D eigenvalue weighted by atomic mass is 10.2. The molecular weight excluding hydrogens is 422 g/mol. The van der Waals surface area contributed by atoms with Gasteiger partial charge >= 0.3 is 0 Å². The number of halogens is 1. The van der Waals surface area contributed by atoms with E-state index in [1.807, 2.05) is 47.7 Å². The molecule has 30 heavy (non-hydrogen) atoms. The zero-order valence-electron chi connectivity index (χ0n) is 16.3. The number of carbonyl (C=O) groups excluding carboxylic acids is 1. The third-order valence-electron chi connectivity index (χ3n) is 4.69. The molecule has 0 atom stereocenters. The van der Waals surface area contributed by atoms with Crippen molar-refractivity contribution in [2.45, 2.75) is 31.6 Å². The average molecular weight is 442 g/mol. The maximum atomic E-state index is 12.9. The Morgan fingerprint density at radius 1 is 1.13 bits per heavy atom. The first-order valence-corrected chi connectivity index (χ1v) is 11.0. The molecule has 0 saturated carbocycles. The predicted molar refractivity (Wildman–Crippen MR) is 119 cm³/mol. The molecular formula is C21H20ClN5O2S. The SMILES string of the molecule is CCCn1c(=O)c2ccccc2n2c(SCC(=O)NCc3ccccc3Cl)nnc12. The molecule has 4 aromatic rings. The number of aromatic nitrogens is 4. The number of amides is 1. The standard InChI is InChI=1S/C21H20ClN5O2S/c1-2-11-26-19(29)15-8-4-6-10-17(15)27-20(26)24-25-21(27)30-13-18(28)23-12-14-7-3-5-9-16(14)22/h3-10H,2,11-13H2,1H3,(H,23,28). The molecule has 1 amide bonds. The fourth-order valence-electron chi connectivity index (χ4n) is 3.27. The molecule has 2 aromatic carbocycles. The molecule has 154 valence electrons. The van der Waals surface area contributed by atoms with E-state index in [0.717, 1.165) is 17.5 Å². The summed E-state index contributed by atoms with van der Waals surface area (Å²) in [5.41, 5.74) is 1.51. The van der Waals surface area contributed by atoms with Gasteiger partial charge in [-0.15, -0.1) is 10.2 Å². The van der Waals surface area contributed by atoms with Crippen LogP contribution < -0.4 is 10.9 Å². The monoisotopic (exact) mass is 441 g/mol. The first kappa shape index (κ1) is 20.4. The third-order valence-corrected chi connectivity index (χ3v) is 5.99. The molecule has 2 heterocycles. The van der Waals surface area contributed by atoms with Crippen molar-refractivity contribution in [3.05, 3.63) is 69.5 Å². The number of rotatable bonds is 7. The summed E-state index contributed by atoms with van der Waals surface area (Å²) in [7, 11) is 0. The van der Waals surface area contributed by atoms with E-state index in [4.69, 9.17) is 11.6 Å². The van der Waals surface area contributed by atoms with Crippen molar-refractivity contribution >= 4 is 46.0 Å². The van der Waals surface area contributed by atoms with E-state index in [0.29, 0.717) is 34.4 Å². The van der Waals surface area contributed by atoms with Gasteiger partial charge in [0.2, 0.25) is 11.7 Å². The molecule has 0 fully saturated rings. The van der Waals surface area contributed by atoms with Gasteiger partial charge in [-0.25, -0.2) is 0 Å². The first-order valence-electron chi connectivity index (χ1n) is 9.59. The van der Waals surface area contributed by atoms with Crippen LogP contribution >= 0.6 is 23.4 Å². The predicted octanol–water partition coefficient (Wildman–Crippen LogP) is 3.52. The minimum atomic E-state index is -0.136. The van der Waals surface area contributed by atoms with E-state index in [2.05, 4.69) is 15.5 Å². The Morgan fingerprint density at radius 2 is 1.90 bits per heavy atom. The lowest BCUT2D eigenvalue weighted by Crippen LogP contribution is -2.25. The van der Waals surface area contributed by atoms with Crippen LogP contribution in [0.5, 0.6) is 0 Å². The van der Waals surface area contributed by atoms with Crippen LogP contribution in [0, 0.1) is 0 Å². The van der Waals surface area contributed by atoms with Crippen molar-refractivity contribution in [3.8, 4) is 0 Å². The molecule has 7 nitrogen and oxygen atoms in total. The van der Waals surface area contributed by atoms with Gasteiger partial charge in [-0.2, -0.15) is 0 Å². The number of carbonyl (C=O) groups is 1. The lowest BCUT2D eigenvalue weighted by Gasteiger charge is -2.10. The number of aryl methyl sites for hydroxylation is 1. The zero-order valence-corrected chi connectivity index (χ0v) is 17.9. The van der Waals surface area contributed by atoms with Crippen LogP contribution in [0.1, 0.15) is 18.9 Å². The van der Waals surface area contributed by atoms with Crippen LogP contribution in [0.3, 0.4) is 0 Å². The second-order valence-corrected chi connectivity index (χ2v) is 8.10. The Balaban J connectivity index is 1.58. The molecule has 9 heteroatoms. The summed E-state index contributed by atoms with van der Waals surface area (Å²) in [4.78, 5) is 25.2. The summed E-state index contributed by atoms with van der Waals surface area (Å²) in [6.07, 6.45) is 0.799. The van der Waals surface area contributed by atoms with Crippen molar-refractivity contribution in [3.63, 3.8) is 0 Å². The van der Waals surface area contributed by atoms with E-state index in [-0.39, 0.29) is 17.2 Å². The number of nitrogens with zero attached hydrogens (tertiary/aromatic N) is 4. The minimum Gasteiger partial charge on any atom is -0.351 e. The molecule has 0 spiro atoms. The summed E-state index contributed by atoms with van der Waals surface area (Å²) in [6, 6.07) is 14.8. The van der Waals surface area contributed by atoms with E-state index < -0.39 is 0 Å². The van der Waals surface area contributed by atoms with Gasteiger partial charge < -0.3 is 5.32 Å². The van der Waals surface area contributed by atoms with Gasteiger partial charge in [-0.05, 0) is 30.2 Å². The van der Waals surface area contributed by atoms with Gasteiger partial charge in [0.15, 0.2) is 5.16 Å². The minimum absolute atomic E-state index is 0.0821. The number of thioether (sulfide) groups is 1. The number of fused-ring (bicyclic) bond motifs is 3. The molecule has 2 aromatic heterocycles. The molecule has 0 bridgehead atoms. The molecule has 0 aliphatic rings. The van der Waals surface area contributed by atoms with Gasteiger partial charge in [0.1, 0.15) is 0 Å². The fraction of sp³-hybridized carbons (Fsp3) is 0.238. The highest BCUT2D eigenvalue weighted by Crippen LogP contribution is 2.22. The highest BCUT2D eigenvalue weighted by Gasteiger charge is 2.17. The number of benzene rings is 2. The van der Waals surface area contributed by atoms with Gasteiger partial charge in [0, 0.05) is 18.1 Å². The topological polar surface area (TPSA) is 81.3 Å². The Hall–Kier alpha value is -2.84. The second kappa shape index (κ2) is 8.89. The fourth-order valence-corrected chi connectivity index (χ4v) is 4.24. The first-order chi connectivity index (χ1) is 14.6. The lowest BCUT2D eigenvalue weighted by molar-refractivity contribution is -0.118. The van der Waals surface area contributed by atoms with Crippen molar-refractivity contribution in [1.82, 2.24) is 24.5 Å². The molecule has 4 rings (SSSR count). The molecule has 1 N–H and O–H groups in total. The maximum Gasteiger partial charge on any atom is 0.262 e. The quantitative estimate of drug-likeness (QED) is 0.444. The van der Waals surface area contributed by atoms with Crippen LogP contribution in [-0.4, -0.2) is 30.8 Å². The number of nitrogens with one attached hydrogen (secondary N) is 1. The van der Waals surface area contributed by atoms with E-state index in [9.17, 15) is 9.59 Å². The Kier molecular flexibility index (Phi) is 6.06. The van der Waals surface area contributed by atoms with Gasteiger partial charge in [-0.1, -0.05) is 60.6 Å². The van der Waals surface area contributed by atoms with Crippen LogP contribution in [0.2, 0.25) is 5.02 Å². The highest BCUT2D eigenvalue weighted by molar-refractivity contribution is 7.99. The van der Waals surface area contributed by atoms with Crippen molar-refractivity contribution in [2.75, 3.05) is 5.75 Å². The summed E-state index contributed by atoms with van der Waals surface area (Å²) in [6.45, 7) is 2.92. The molecule has 0 saturated heterocycles. The number of hydrogen-bond donors (Lipinski definition) is 1. The molecule has 0 aliphatic carbocycles. The number of hydrogen-bond acceptors (Lipinski definition) is 5. The van der Waals surface area contributed by atoms with E-state index >= 15 is 0 Å². The smallest absolute Gasteiger partial charge is 0.262 e. The van der Waals surface area contributed by atoms with E-state index in [1.165, 1.54) is 11.8 Å². The third kappa shape index (κ3) is 3.93. The second-order valence-electron chi connectivity index (χ2n) is 6.75. The summed E-state index contributed by atoms with van der Waals surface area (Å²) in [5, 5.41) is 13.1. The summed E-state index contributed by atoms with van der Waals surface area (Å²) >= 11 is 7.41. The zero-order chi connectivity index (χ0) is 21.1. The largest absolute Gasteiger partial charge is 0.351 e. The van der Waals surface area contributed by atoms with Gasteiger partial charge in [0.25, 0.3) is 5.56 Å². The Morgan fingerprint density at radius 3 is 2.70 bits per heavy atom. The van der Waals surface area contributed by atoms with Gasteiger partial charge in [-0.3, -0.25) is 18.6 Å². The average Bonchev–Trinajstić information content (AvgIpc) is 3.18. The Bertz CT molecular complexity index is 1280. The molecule has 0 unspecified atom stereocenters. The summed E-state index contributed by atoms with van der Waals surface area (Å²) in [5.74, 6) is 0.523. The highest BCUT2D eigenvalue weighted by atomic mass is 35.5. The van der Waals surface area contributed by atoms with Crippen molar-refractivity contribution < 1.29 is 4.79 Å². The molecule has 0 radical (unpaired) electrons. The van der Waals surface area contributed by atoms with Crippen LogP contribution in [0.25, 0.3) is 16.7 Å². The normalized spacial score (nSPS) is 11.3. The maximum absolute atomic E-state index is 12.9.